The van der Waals surface area contributed by atoms with Crippen LogP contribution in [0.15, 0.2) is 0 Å². The van der Waals surface area contributed by atoms with Crippen LogP contribution in [-0.2, 0) is 12.8 Å². The van der Waals surface area contributed by atoms with Gasteiger partial charge < -0.3 is 11.5 Å². The maximum atomic E-state index is 5.77. The average molecular weight is 178 g/mol. The number of nitrogen functional groups attached to an aromatic ring is 2. The van der Waals surface area contributed by atoms with Crippen molar-refractivity contribution in [3.05, 3.63) is 11.3 Å². The van der Waals surface area contributed by atoms with E-state index in [1.807, 2.05) is 0 Å². The second-order valence-corrected chi connectivity index (χ2v) is 3.74. The molecule has 0 aromatic carbocycles. The summed E-state index contributed by atoms with van der Waals surface area (Å²) >= 11 is 0. The van der Waals surface area contributed by atoms with Gasteiger partial charge in [0.05, 0.1) is 5.69 Å². The smallest absolute Gasteiger partial charge is 0.222 e. The fourth-order valence-corrected chi connectivity index (χ4v) is 1.83. The van der Waals surface area contributed by atoms with Gasteiger partial charge in [-0.05, 0) is 25.2 Å². The van der Waals surface area contributed by atoms with Gasteiger partial charge in [0.1, 0.15) is 5.82 Å². The molecule has 1 heterocycles. The Morgan fingerprint density at radius 2 is 2.08 bits per heavy atom. The van der Waals surface area contributed by atoms with Crippen LogP contribution in [0.5, 0.6) is 0 Å². The molecule has 0 saturated heterocycles. The average Bonchev–Trinajstić information content (AvgIpc) is 2.06. The van der Waals surface area contributed by atoms with Gasteiger partial charge in [0.15, 0.2) is 0 Å². The highest BCUT2D eigenvalue weighted by Crippen LogP contribution is 2.27. The predicted molar refractivity (Wildman–Crippen MR) is 52.0 cm³/mol. The van der Waals surface area contributed by atoms with Gasteiger partial charge in [-0.2, -0.15) is 4.98 Å². The maximum Gasteiger partial charge on any atom is 0.222 e. The van der Waals surface area contributed by atoms with Gasteiger partial charge in [0.25, 0.3) is 0 Å². The molecule has 1 aromatic heterocycles. The number of rotatable bonds is 0. The zero-order chi connectivity index (χ0) is 9.42. The van der Waals surface area contributed by atoms with Crippen LogP contribution in [0.3, 0.4) is 0 Å². The number of hydrogen-bond acceptors (Lipinski definition) is 4. The SMILES string of the molecule is C[C@H]1CCc2nc(N)nc(N)c2C1. The molecule has 70 valence electrons. The van der Waals surface area contributed by atoms with Gasteiger partial charge in [0, 0.05) is 5.56 Å². The molecule has 2 rings (SSSR count). The van der Waals surface area contributed by atoms with Crippen molar-refractivity contribution in [2.45, 2.75) is 26.2 Å². The summed E-state index contributed by atoms with van der Waals surface area (Å²) in [6, 6.07) is 0. The molecule has 0 fully saturated rings. The Bertz CT molecular complexity index is 335. The van der Waals surface area contributed by atoms with E-state index in [1.54, 1.807) is 0 Å². The van der Waals surface area contributed by atoms with Crippen molar-refractivity contribution in [1.82, 2.24) is 9.97 Å². The molecule has 0 radical (unpaired) electrons. The van der Waals surface area contributed by atoms with Crippen LogP contribution in [-0.4, -0.2) is 9.97 Å². The minimum Gasteiger partial charge on any atom is -0.383 e. The standard InChI is InChI=1S/C9H14N4/c1-5-2-3-7-6(4-5)8(10)13-9(11)12-7/h5H,2-4H2,1H3,(H4,10,11,12,13)/t5-/m0/s1. The molecule has 1 atom stereocenters. The van der Waals surface area contributed by atoms with Crippen molar-refractivity contribution in [3.63, 3.8) is 0 Å². The number of aromatic nitrogens is 2. The fraction of sp³-hybridized carbons (Fsp3) is 0.556. The van der Waals surface area contributed by atoms with E-state index < -0.39 is 0 Å². The summed E-state index contributed by atoms with van der Waals surface area (Å²) in [6.07, 6.45) is 3.14. The normalized spacial score (nSPS) is 21.2. The quantitative estimate of drug-likeness (QED) is 0.615. The van der Waals surface area contributed by atoms with E-state index in [2.05, 4.69) is 16.9 Å². The minimum absolute atomic E-state index is 0.297. The third-order valence-corrected chi connectivity index (χ3v) is 2.57. The highest BCUT2D eigenvalue weighted by atomic mass is 15.0. The largest absolute Gasteiger partial charge is 0.383 e. The van der Waals surface area contributed by atoms with Gasteiger partial charge in [-0.15, -0.1) is 0 Å². The molecule has 4 nitrogen and oxygen atoms in total. The Morgan fingerprint density at radius 3 is 2.85 bits per heavy atom. The van der Waals surface area contributed by atoms with Crippen molar-refractivity contribution in [1.29, 1.82) is 0 Å². The third kappa shape index (κ3) is 1.43. The Morgan fingerprint density at radius 1 is 1.31 bits per heavy atom. The first-order valence-electron chi connectivity index (χ1n) is 4.57. The maximum absolute atomic E-state index is 5.77. The lowest BCUT2D eigenvalue weighted by molar-refractivity contribution is 0.494. The highest BCUT2D eigenvalue weighted by molar-refractivity contribution is 5.47. The van der Waals surface area contributed by atoms with E-state index in [9.17, 15) is 0 Å². The van der Waals surface area contributed by atoms with Crippen LogP contribution in [0, 0.1) is 5.92 Å². The van der Waals surface area contributed by atoms with Crippen LogP contribution in [0.1, 0.15) is 24.6 Å². The van der Waals surface area contributed by atoms with Crippen LogP contribution in [0.4, 0.5) is 11.8 Å². The fourth-order valence-electron chi connectivity index (χ4n) is 1.83. The summed E-state index contributed by atoms with van der Waals surface area (Å²) in [5.74, 6) is 1.54. The second-order valence-electron chi connectivity index (χ2n) is 3.74. The Balaban J connectivity index is 2.47. The van der Waals surface area contributed by atoms with Crippen molar-refractivity contribution in [2.75, 3.05) is 11.5 Å². The summed E-state index contributed by atoms with van der Waals surface area (Å²) in [5, 5.41) is 0. The Labute approximate surface area is 77.4 Å². The lowest BCUT2D eigenvalue weighted by atomic mass is 9.88. The lowest BCUT2D eigenvalue weighted by Crippen LogP contribution is -2.17. The first-order valence-corrected chi connectivity index (χ1v) is 4.57. The van der Waals surface area contributed by atoms with Crippen molar-refractivity contribution in [3.8, 4) is 0 Å². The van der Waals surface area contributed by atoms with Crippen LogP contribution >= 0.6 is 0 Å². The summed E-state index contributed by atoms with van der Waals surface area (Å²) in [6.45, 7) is 2.22. The van der Waals surface area contributed by atoms with Crippen molar-refractivity contribution in [2.24, 2.45) is 5.92 Å². The minimum atomic E-state index is 0.297. The predicted octanol–water partition coefficient (Wildman–Crippen LogP) is 0.766. The zero-order valence-corrected chi connectivity index (χ0v) is 7.75. The molecule has 1 aromatic rings. The molecule has 0 saturated carbocycles. The molecule has 0 amide bonds. The molecular formula is C9H14N4. The van der Waals surface area contributed by atoms with Crippen molar-refractivity contribution < 1.29 is 0 Å². The van der Waals surface area contributed by atoms with E-state index in [-0.39, 0.29) is 0 Å². The molecule has 4 heteroatoms. The summed E-state index contributed by atoms with van der Waals surface area (Å²) in [5.41, 5.74) is 13.4. The number of hydrogen-bond donors (Lipinski definition) is 2. The summed E-state index contributed by atoms with van der Waals surface area (Å²) < 4.78 is 0. The molecule has 13 heavy (non-hydrogen) atoms. The number of nitrogens with zero attached hydrogens (tertiary/aromatic N) is 2. The second kappa shape index (κ2) is 2.87. The Hall–Kier alpha value is -1.32. The van der Waals surface area contributed by atoms with Gasteiger partial charge in [-0.1, -0.05) is 6.92 Å². The first-order chi connectivity index (χ1) is 6.16. The first kappa shape index (κ1) is 8.29. The molecule has 0 unspecified atom stereocenters. The molecule has 0 spiro atoms. The molecule has 1 aliphatic carbocycles. The van der Waals surface area contributed by atoms with E-state index in [1.165, 1.54) is 6.42 Å². The van der Waals surface area contributed by atoms with E-state index >= 15 is 0 Å². The number of aryl methyl sites for hydroxylation is 1. The summed E-state index contributed by atoms with van der Waals surface area (Å²) in [7, 11) is 0. The Kier molecular flexibility index (Phi) is 1.83. The lowest BCUT2D eigenvalue weighted by Gasteiger charge is -2.21. The van der Waals surface area contributed by atoms with Gasteiger partial charge in [-0.25, -0.2) is 4.98 Å². The molecule has 0 bridgehead atoms. The monoisotopic (exact) mass is 178 g/mol. The molecule has 1 aliphatic rings. The van der Waals surface area contributed by atoms with Gasteiger partial charge in [-0.3, -0.25) is 0 Å². The van der Waals surface area contributed by atoms with Gasteiger partial charge in [0.2, 0.25) is 5.95 Å². The van der Waals surface area contributed by atoms with E-state index in [4.69, 9.17) is 11.5 Å². The highest BCUT2D eigenvalue weighted by Gasteiger charge is 2.19. The molecule has 0 aliphatic heterocycles. The topological polar surface area (TPSA) is 77.8 Å². The van der Waals surface area contributed by atoms with E-state index in [0.717, 1.165) is 24.1 Å². The van der Waals surface area contributed by atoms with Crippen LogP contribution in [0.25, 0.3) is 0 Å². The molecular weight excluding hydrogens is 164 g/mol. The van der Waals surface area contributed by atoms with E-state index in [0.29, 0.717) is 17.7 Å². The third-order valence-electron chi connectivity index (χ3n) is 2.57. The molecule has 4 N–H and O–H groups in total. The zero-order valence-electron chi connectivity index (χ0n) is 7.75. The number of anilines is 2. The van der Waals surface area contributed by atoms with Crippen LogP contribution in [0.2, 0.25) is 0 Å². The van der Waals surface area contributed by atoms with Crippen LogP contribution < -0.4 is 11.5 Å². The van der Waals surface area contributed by atoms with Crippen molar-refractivity contribution >= 4 is 11.8 Å². The van der Waals surface area contributed by atoms with Gasteiger partial charge >= 0.3 is 0 Å². The number of fused-ring (bicyclic) bond motifs is 1. The number of nitrogens with two attached hydrogens (primary N) is 2. The summed E-state index contributed by atoms with van der Waals surface area (Å²) in [4.78, 5) is 8.16.